The second-order valence-corrected chi connectivity index (χ2v) is 7.09. The Morgan fingerprint density at radius 3 is 2.40 bits per heavy atom. The molecule has 0 aliphatic heterocycles. The maximum absolute atomic E-state index is 12.0. The van der Waals surface area contributed by atoms with Crippen LogP contribution in [0.1, 0.15) is 31.9 Å². The zero-order valence-electron chi connectivity index (χ0n) is 15.3. The fourth-order valence-electron chi connectivity index (χ4n) is 2.34. The Balaban J connectivity index is 1.77. The van der Waals surface area contributed by atoms with Crippen LogP contribution >= 0.6 is 0 Å². The number of amides is 1. The van der Waals surface area contributed by atoms with Crippen molar-refractivity contribution in [1.29, 1.82) is 0 Å². The van der Waals surface area contributed by atoms with Gasteiger partial charge in [0.15, 0.2) is 6.61 Å². The van der Waals surface area contributed by atoms with E-state index >= 15 is 0 Å². The van der Waals surface area contributed by atoms with E-state index in [0.717, 1.165) is 17.7 Å². The van der Waals surface area contributed by atoms with Gasteiger partial charge in [-0.2, -0.15) is 0 Å². The van der Waals surface area contributed by atoms with Crippen LogP contribution in [0.4, 0.5) is 0 Å². The fourth-order valence-corrected chi connectivity index (χ4v) is 2.34. The first-order valence-corrected chi connectivity index (χ1v) is 8.70. The quantitative estimate of drug-likeness (QED) is 0.775. The average molecular weight is 340 g/mol. The molecule has 0 atom stereocenters. The molecule has 4 heteroatoms. The van der Waals surface area contributed by atoms with E-state index < -0.39 is 0 Å². The number of para-hydroxylation sites is 1. The van der Waals surface area contributed by atoms with Crippen molar-refractivity contribution >= 4 is 5.91 Å². The summed E-state index contributed by atoms with van der Waals surface area (Å²) in [7, 11) is 0. The van der Waals surface area contributed by atoms with Crippen molar-refractivity contribution < 1.29 is 9.53 Å². The highest BCUT2D eigenvalue weighted by Gasteiger charge is 2.11. The molecule has 0 spiro atoms. The van der Waals surface area contributed by atoms with Gasteiger partial charge < -0.3 is 15.4 Å². The Morgan fingerprint density at radius 1 is 1.00 bits per heavy atom. The van der Waals surface area contributed by atoms with Crippen LogP contribution in [0.3, 0.4) is 0 Å². The van der Waals surface area contributed by atoms with Gasteiger partial charge in [0.05, 0.1) is 0 Å². The van der Waals surface area contributed by atoms with Gasteiger partial charge in [-0.15, -0.1) is 0 Å². The highest BCUT2D eigenvalue weighted by atomic mass is 16.5. The zero-order chi connectivity index (χ0) is 18.1. The molecule has 2 aromatic carbocycles. The Labute approximate surface area is 150 Å². The molecule has 0 unspecified atom stereocenters. The van der Waals surface area contributed by atoms with E-state index in [1.54, 1.807) is 0 Å². The monoisotopic (exact) mass is 340 g/mol. The first-order valence-electron chi connectivity index (χ1n) is 8.70. The van der Waals surface area contributed by atoms with E-state index in [4.69, 9.17) is 4.74 Å². The molecule has 0 heterocycles. The number of ether oxygens (including phenoxy) is 1. The highest BCUT2D eigenvalue weighted by molar-refractivity contribution is 5.77. The zero-order valence-corrected chi connectivity index (χ0v) is 15.3. The SMILES string of the molecule is CC(C)(C)NCc1ccccc1OCC(=O)NCCc1ccccc1. The van der Waals surface area contributed by atoms with Crippen LogP contribution in [-0.2, 0) is 17.8 Å². The summed E-state index contributed by atoms with van der Waals surface area (Å²) in [6, 6.07) is 17.9. The lowest BCUT2D eigenvalue weighted by Gasteiger charge is -2.21. The molecule has 134 valence electrons. The summed E-state index contributed by atoms with van der Waals surface area (Å²) >= 11 is 0. The molecule has 4 nitrogen and oxygen atoms in total. The molecule has 0 bridgehead atoms. The summed E-state index contributed by atoms with van der Waals surface area (Å²) in [6.07, 6.45) is 0.818. The van der Waals surface area contributed by atoms with Gasteiger partial charge in [0.25, 0.3) is 5.91 Å². The van der Waals surface area contributed by atoms with Gasteiger partial charge >= 0.3 is 0 Å². The molecule has 0 radical (unpaired) electrons. The summed E-state index contributed by atoms with van der Waals surface area (Å²) < 4.78 is 5.71. The Kier molecular flexibility index (Phi) is 7.02. The fraction of sp³-hybridized carbons (Fsp3) is 0.381. The maximum atomic E-state index is 12.0. The Bertz CT molecular complexity index is 663. The topological polar surface area (TPSA) is 50.4 Å². The first kappa shape index (κ1) is 19.0. The minimum absolute atomic E-state index is 0.0291. The lowest BCUT2D eigenvalue weighted by Crippen LogP contribution is -2.35. The summed E-state index contributed by atoms with van der Waals surface area (Å²) in [5, 5.41) is 6.34. The lowest BCUT2D eigenvalue weighted by atomic mass is 10.1. The van der Waals surface area contributed by atoms with Gasteiger partial charge in [0.1, 0.15) is 5.75 Å². The smallest absolute Gasteiger partial charge is 0.257 e. The van der Waals surface area contributed by atoms with Gasteiger partial charge in [-0.3, -0.25) is 4.79 Å². The van der Waals surface area contributed by atoms with E-state index in [1.807, 2.05) is 42.5 Å². The third-order valence-corrected chi connectivity index (χ3v) is 3.72. The van der Waals surface area contributed by atoms with Crippen LogP contribution in [0.15, 0.2) is 54.6 Å². The molecule has 1 amide bonds. The van der Waals surface area contributed by atoms with Crippen molar-refractivity contribution in [3.63, 3.8) is 0 Å². The van der Waals surface area contributed by atoms with E-state index in [-0.39, 0.29) is 18.1 Å². The van der Waals surface area contributed by atoms with E-state index in [9.17, 15) is 4.79 Å². The summed E-state index contributed by atoms with van der Waals surface area (Å²) in [4.78, 5) is 12.0. The molecule has 25 heavy (non-hydrogen) atoms. The van der Waals surface area contributed by atoms with Gasteiger partial charge in [0, 0.05) is 24.2 Å². The molecule has 2 rings (SSSR count). The van der Waals surface area contributed by atoms with Crippen molar-refractivity contribution in [2.75, 3.05) is 13.2 Å². The van der Waals surface area contributed by atoms with Gasteiger partial charge in [-0.05, 0) is 38.8 Å². The molecular formula is C21H28N2O2. The minimum atomic E-state index is -0.102. The number of hydrogen-bond acceptors (Lipinski definition) is 3. The predicted octanol–water partition coefficient (Wildman–Crippen LogP) is 3.31. The highest BCUT2D eigenvalue weighted by Crippen LogP contribution is 2.18. The predicted molar refractivity (Wildman–Crippen MR) is 102 cm³/mol. The largest absolute Gasteiger partial charge is 0.483 e. The third kappa shape index (κ3) is 7.40. The number of benzene rings is 2. The van der Waals surface area contributed by atoms with Crippen molar-refractivity contribution in [2.24, 2.45) is 0 Å². The lowest BCUT2D eigenvalue weighted by molar-refractivity contribution is -0.123. The van der Waals surface area contributed by atoms with Crippen molar-refractivity contribution in [2.45, 2.75) is 39.3 Å². The normalized spacial score (nSPS) is 11.2. The first-order chi connectivity index (χ1) is 11.9. The molecule has 2 N–H and O–H groups in total. The molecular weight excluding hydrogens is 312 g/mol. The van der Waals surface area contributed by atoms with Crippen LogP contribution in [0.25, 0.3) is 0 Å². The van der Waals surface area contributed by atoms with E-state index in [1.165, 1.54) is 5.56 Å². The maximum Gasteiger partial charge on any atom is 0.257 e. The van der Waals surface area contributed by atoms with Crippen LogP contribution in [0.5, 0.6) is 5.75 Å². The number of nitrogens with one attached hydrogen (secondary N) is 2. The van der Waals surface area contributed by atoms with Gasteiger partial charge in [0.2, 0.25) is 0 Å². The molecule has 0 aliphatic rings. The van der Waals surface area contributed by atoms with Crippen LogP contribution in [-0.4, -0.2) is 24.6 Å². The minimum Gasteiger partial charge on any atom is -0.483 e. The van der Waals surface area contributed by atoms with Gasteiger partial charge in [-0.1, -0.05) is 48.5 Å². The Morgan fingerprint density at radius 2 is 1.68 bits per heavy atom. The van der Waals surface area contributed by atoms with E-state index in [2.05, 4.69) is 43.5 Å². The average Bonchev–Trinajstić information content (AvgIpc) is 2.59. The van der Waals surface area contributed by atoms with Crippen LogP contribution < -0.4 is 15.4 Å². The summed E-state index contributed by atoms with van der Waals surface area (Å²) in [5.74, 6) is 0.645. The van der Waals surface area contributed by atoms with Gasteiger partial charge in [-0.25, -0.2) is 0 Å². The van der Waals surface area contributed by atoms with Crippen LogP contribution in [0, 0.1) is 0 Å². The summed E-state index contributed by atoms with van der Waals surface area (Å²) in [5.41, 5.74) is 2.29. The number of carbonyl (C=O) groups excluding carboxylic acids is 1. The van der Waals surface area contributed by atoms with E-state index in [0.29, 0.717) is 13.1 Å². The number of hydrogen-bond donors (Lipinski definition) is 2. The molecule has 0 saturated heterocycles. The van der Waals surface area contributed by atoms with Crippen LogP contribution in [0.2, 0.25) is 0 Å². The second kappa shape index (κ2) is 9.23. The summed E-state index contributed by atoms with van der Waals surface area (Å²) in [6.45, 7) is 7.71. The molecule has 0 aromatic heterocycles. The van der Waals surface area contributed by atoms with Crippen molar-refractivity contribution in [3.8, 4) is 5.75 Å². The number of rotatable bonds is 8. The molecule has 2 aromatic rings. The third-order valence-electron chi connectivity index (χ3n) is 3.72. The molecule has 0 aliphatic carbocycles. The molecule has 0 saturated carbocycles. The van der Waals surface area contributed by atoms with Crippen molar-refractivity contribution in [3.05, 3.63) is 65.7 Å². The number of carbonyl (C=O) groups is 1. The molecule has 0 fully saturated rings. The Hall–Kier alpha value is -2.33. The second-order valence-electron chi connectivity index (χ2n) is 7.09. The van der Waals surface area contributed by atoms with Crippen molar-refractivity contribution in [1.82, 2.24) is 10.6 Å². The standard InChI is InChI=1S/C21H28N2O2/c1-21(2,3)23-15-18-11-7-8-12-19(18)25-16-20(24)22-14-13-17-9-5-4-6-10-17/h4-12,23H,13-16H2,1-3H3,(H,22,24).